The van der Waals surface area contributed by atoms with Crippen LogP contribution >= 0.6 is 0 Å². The zero-order valence-corrected chi connectivity index (χ0v) is 18.2. The van der Waals surface area contributed by atoms with Crippen LogP contribution in [0.3, 0.4) is 0 Å². The van der Waals surface area contributed by atoms with E-state index in [1.165, 1.54) is 33.5 Å². The minimum Gasteiger partial charge on any atom is -0.493 e. The number of carbonyl (C=O) groups is 2. The molecule has 0 heterocycles. The summed E-state index contributed by atoms with van der Waals surface area (Å²) in [4.78, 5) is 29.6. The molecule has 3 N–H and O–H groups in total. The van der Waals surface area contributed by atoms with E-state index in [1.807, 2.05) is 0 Å². The van der Waals surface area contributed by atoms with Crippen molar-refractivity contribution < 1.29 is 28.6 Å². The standard InChI is InChI=1S/C23H22N4O6/c1-30-19-12-15(13-20(31-2)21(19)32-3)23(29)33-27-18-10-8-17(9-11-18)25-26-22(28)14-4-6-16(24)7-5-14/h4-13,27H,24H2,1-3H3. The third-order valence-corrected chi connectivity index (χ3v) is 4.44. The van der Waals surface area contributed by atoms with Gasteiger partial charge in [-0.05, 0) is 60.7 Å². The number of rotatable bonds is 8. The normalized spacial score (nSPS) is 10.5. The number of hydrogen-bond donors (Lipinski definition) is 2. The van der Waals surface area contributed by atoms with Gasteiger partial charge in [0.05, 0.1) is 38.3 Å². The maximum absolute atomic E-state index is 12.4. The van der Waals surface area contributed by atoms with Crippen LogP contribution < -0.4 is 25.4 Å². The van der Waals surface area contributed by atoms with Crippen molar-refractivity contribution in [3.8, 4) is 17.2 Å². The van der Waals surface area contributed by atoms with Gasteiger partial charge in [0.25, 0.3) is 5.91 Å². The second kappa shape index (κ2) is 10.6. The molecule has 0 radical (unpaired) electrons. The number of hydrogen-bond acceptors (Lipinski definition) is 9. The number of nitrogen functional groups attached to an aromatic ring is 1. The molecular weight excluding hydrogens is 428 g/mol. The summed E-state index contributed by atoms with van der Waals surface area (Å²) in [6.07, 6.45) is 0. The zero-order valence-electron chi connectivity index (χ0n) is 18.2. The SMILES string of the molecule is COc1cc(C(=O)ONc2ccc(N=NC(=O)c3ccc(N)cc3)cc2)cc(OC)c1OC. The molecule has 0 saturated carbocycles. The summed E-state index contributed by atoms with van der Waals surface area (Å²) in [6, 6.07) is 15.8. The molecule has 3 aromatic carbocycles. The van der Waals surface area contributed by atoms with Crippen LogP contribution in [0.1, 0.15) is 20.7 Å². The molecule has 0 aliphatic rings. The zero-order chi connectivity index (χ0) is 23.8. The average molecular weight is 450 g/mol. The molecule has 0 aromatic heterocycles. The maximum atomic E-state index is 12.4. The molecule has 0 bridgehead atoms. The molecule has 0 aliphatic heterocycles. The molecule has 3 rings (SSSR count). The highest BCUT2D eigenvalue weighted by atomic mass is 16.7. The Balaban J connectivity index is 1.62. The lowest BCUT2D eigenvalue weighted by Gasteiger charge is -2.14. The van der Waals surface area contributed by atoms with Gasteiger partial charge in [-0.15, -0.1) is 10.2 Å². The molecule has 0 saturated heterocycles. The molecule has 1 amide bonds. The highest BCUT2D eigenvalue weighted by Crippen LogP contribution is 2.38. The lowest BCUT2D eigenvalue weighted by molar-refractivity contribution is 0.0595. The maximum Gasteiger partial charge on any atom is 0.363 e. The van der Waals surface area contributed by atoms with Crippen molar-refractivity contribution in [1.82, 2.24) is 0 Å². The predicted octanol–water partition coefficient (Wildman–Crippen LogP) is 4.40. The van der Waals surface area contributed by atoms with E-state index < -0.39 is 11.9 Å². The van der Waals surface area contributed by atoms with Crippen molar-refractivity contribution in [3.05, 3.63) is 71.8 Å². The summed E-state index contributed by atoms with van der Waals surface area (Å²) in [6.45, 7) is 0. The molecule has 170 valence electrons. The number of carbonyl (C=O) groups excluding carboxylic acids is 2. The fourth-order valence-corrected chi connectivity index (χ4v) is 2.75. The van der Waals surface area contributed by atoms with Gasteiger partial charge in [-0.25, -0.2) is 10.3 Å². The van der Waals surface area contributed by atoms with Crippen LogP contribution in [0.5, 0.6) is 17.2 Å². The smallest absolute Gasteiger partial charge is 0.363 e. The lowest BCUT2D eigenvalue weighted by Crippen LogP contribution is -2.11. The van der Waals surface area contributed by atoms with Crippen LogP contribution in [0.15, 0.2) is 70.9 Å². The number of azo groups is 1. The Bertz CT molecular complexity index is 1140. The first kappa shape index (κ1) is 23.1. The van der Waals surface area contributed by atoms with Crippen molar-refractivity contribution in [2.45, 2.75) is 0 Å². The second-order valence-corrected chi connectivity index (χ2v) is 6.58. The Morgan fingerprint density at radius 3 is 1.97 bits per heavy atom. The summed E-state index contributed by atoms with van der Waals surface area (Å²) >= 11 is 0. The Kier molecular flexibility index (Phi) is 7.43. The number of nitrogens with one attached hydrogen (secondary N) is 1. The van der Waals surface area contributed by atoms with E-state index in [2.05, 4.69) is 15.7 Å². The summed E-state index contributed by atoms with van der Waals surface area (Å²) < 4.78 is 15.7. The number of anilines is 2. The molecule has 3 aromatic rings. The Hall–Kier alpha value is -4.60. The third-order valence-electron chi connectivity index (χ3n) is 4.44. The fourth-order valence-electron chi connectivity index (χ4n) is 2.75. The van der Waals surface area contributed by atoms with Gasteiger partial charge in [0, 0.05) is 11.3 Å². The van der Waals surface area contributed by atoms with Crippen LogP contribution in [0, 0.1) is 0 Å². The van der Waals surface area contributed by atoms with E-state index in [-0.39, 0.29) is 5.56 Å². The van der Waals surface area contributed by atoms with Crippen LogP contribution in [0.2, 0.25) is 0 Å². The molecule has 10 heteroatoms. The van der Waals surface area contributed by atoms with E-state index in [0.717, 1.165) is 0 Å². The molecule has 0 unspecified atom stereocenters. The van der Waals surface area contributed by atoms with Crippen LogP contribution in [0.4, 0.5) is 17.1 Å². The average Bonchev–Trinajstić information content (AvgIpc) is 2.85. The Morgan fingerprint density at radius 2 is 1.42 bits per heavy atom. The monoisotopic (exact) mass is 450 g/mol. The van der Waals surface area contributed by atoms with E-state index in [1.54, 1.807) is 48.5 Å². The number of benzene rings is 3. The highest BCUT2D eigenvalue weighted by Gasteiger charge is 2.18. The fraction of sp³-hybridized carbons (Fsp3) is 0.130. The van der Waals surface area contributed by atoms with Gasteiger partial charge >= 0.3 is 5.97 Å². The Morgan fingerprint density at radius 1 is 0.818 bits per heavy atom. The van der Waals surface area contributed by atoms with Crippen molar-refractivity contribution in [3.63, 3.8) is 0 Å². The Labute approximate surface area is 189 Å². The molecular formula is C23H22N4O6. The van der Waals surface area contributed by atoms with Gasteiger partial charge < -0.3 is 24.8 Å². The van der Waals surface area contributed by atoms with Crippen molar-refractivity contribution >= 4 is 28.9 Å². The van der Waals surface area contributed by atoms with E-state index in [9.17, 15) is 9.59 Å². The highest BCUT2D eigenvalue weighted by molar-refractivity contribution is 5.95. The topological polar surface area (TPSA) is 134 Å². The van der Waals surface area contributed by atoms with Gasteiger partial charge in [-0.1, -0.05) is 0 Å². The molecule has 0 aliphatic carbocycles. The van der Waals surface area contributed by atoms with Crippen LogP contribution in [-0.4, -0.2) is 33.2 Å². The van der Waals surface area contributed by atoms with Gasteiger partial charge in [0.15, 0.2) is 11.5 Å². The van der Waals surface area contributed by atoms with E-state index >= 15 is 0 Å². The second-order valence-electron chi connectivity index (χ2n) is 6.58. The first-order chi connectivity index (χ1) is 15.9. The molecule has 0 spiro atoms. The number of nitrogens with two attached hydrogens (primary N) is 1. The first-order valence-electron chi connectivity index (χ1n) is 9.64. The summed E-state index contributed by atoms with van der Waals surface area (Å²) in [5.74, 6) is -0.133. The lowest BCUT2D eigenvalue weighted by atomic mass is 10.2. The number of nitrogens with zero attached hydrogens (tertiary/aromatic N) is 2. The molecule has 0 atom stereocenters. The number of methoxy groups -OCH3 is 3. The van der Waals surface area contributed by atoms with Crippen LogP contribution in [0.25, 0.3) is 0 Å². The summed E-state index contributed by atoms with van der Waals surface area (Å²) in [5, 5.41) is 7.60. The van der Waals surface area contributed by atoms with E-state index in [0.29, 0.717) is 39.9 Å². The summed E-state index contributed by atoms with van der Waals surface area (Å²) in [7, 11) is 4.37. The first-order valence-corrected chi connectivity index (χ1v) is 9.64. The van der Waals surface area contributed by atoms with Gasteiger partial charge in [-0.2, -0.15) is 0 Å². The minimum absolute atomic E-state index is 0.198. The minimum atomic E-state index is -0.660. The van der Waals surface area contributed by atoms with E-state index in [4.69, 9.17) is 24.8 Å². The predicted molar refractivity (Wildman–Crippen MR) is 121 cm³/mol. The summed E-state index contributed by atoms with van der Waals surface area (Å²) in [5.41, 5.74) is 10.2. The van der Waals surface area contributed by atoms with Crippen LogP contribution in [-0.2, 0) is 4.84 Å². The molecule has 33 heavy (non-hydrogen) atoms. The molecule has 0 fully saturated rings. The van der Waals surface area contributed by atoms with Gasteiger partial charge in [0.2, 0.25) is 5.75 Å². The number of amides is 1. The molecule has 10 nitrogen and oxygen atoms in total. The largest absolute Gasteiger partial charge is 0.493 e. The number of ether oxygens (including phenoxy) is 3. The van der Waals surface area contributed by atoms with Crippen molar-refractivity contribution in [2.24, 2.45) is 10.2 Å². The van der Waals surface area contributed by atoms with Gasteiger partial charge in [-0.3, -0.25) is 4.79 Å². The van der Waals surface area contributed by atoms with Gasteiger partial charge in [0.1, 0.15) is 0 Å². The van der Waals surface area contributed by atoms with Crippen molar-refractivity contribution in [2.75, 3.05) is 32.5 Å². The quantitative estimate of drug-likeness (QED) is 0.293. The van der Waals surface area contributed by atoms with Crippen molar-refractivity contribution in [1.29, 1.82) is 0 Å². The third kappa shape index (κ3) is 5.76.